The zero-order valence-corrected chi connectivity index (χ0v) is 12.4. The number of carboxylic acid groups (broad SMARTS) is 2. The van der Waals surface area contributed by atoms with Crippen molar-refractivity contribution < 1.29 is 30.0 Å². The van der Waals surface area contributed by atoms with Crippen LogP contribution < -0.4 is 10.2 Å². The van der Waals surface area contributed by atoms with Gasteiger partial charge in [-0.25, -0.2) is 0 Å². The molecule has 2 N–H and O–H groups in total. The third-order valence-electron chi connectivity index (χ3n) is 2.09. The van der Waals surface area contributed by atoms with Gasteiger partial charge in [0.25, 0.3) is 0 Å². The molecule has 7 heteroatoms. The zero-order chi connectivity index (χ0) is 13.1. The fourth-order valence-corrected chi connectivity index (χ4v) is 0.741. The second-order valence-electron chi connectivity index (χ2n) is 3.21. The average Bonchev–Trinajstić information content (AvgIpc) is 2.21. The van der Waals surface area contributed by atoms with Gasteiger partial charge in [0, 0.05) is 23.8 Å². The Morgan fingerprint density at radius 3 is 1.18 bits per heavy atom. The summed E-state index contributed by atoms with van der Waals surface area (Å²) in [6.07, 6.45) is 0.859. The first-order chi connectivity index (χ1) is 7.44. The maximum absolute atomic E-state index is 9.89. The first-order valence-corrected chi connectivity index (χ1v) is 5.07. The summed E-state index contributed by atoms with van der Waals surface area (Å²) in [5, 5.41) is 36.3. The maximum atomic E-state index is 9.89. The summed E-state index contributed by atoms with van der Waals surface area (Å²) in [5.74, 6) is -3.71. The van der Waals surface area contributed by atoms with Gasteiger partial charge in [-0.15, -0.1) is 0 Å². The molecule has 96 valence electrons. The SMILES string of the molecule is CCC(CO)C(=O)[O-].CCC(CO)C(=O)[O-].[Ca+2]. The third kappa shape index (κ3) is 12.4. The van der Waals surface area contributed by atoms with E-state index in [4.69, 9.17) is 10.2 Å². The topological polar surface area (TPSA) is 121 Å². The van der Waals surface area contributed by atoms with Crippen LogP contribution in [0.5, 0.6) is 0 Å². The van der Waals surface area contributed by atoms with Crippen molar-refractivity contribution in [2.24, 2.45) is 11.8 Å². The van der Waals surface area contributed by atoms with Gasteiger partial charge < -0.3 is 30.0 Å². The second kappa shape index (κ2) is 14.2. The predicted molar refractivity (Wildman–Crippen MR) is 57.5 cm³/mol. The number of aliphatic hydroxyl groups excluding tert-OH is 2. The number of hydrogen-bond donors (Lipinski definition) is 2. The van der Waals surface area contributed by atoms with E-state index in [1.807, 2.05) is 0 Å². The minimum Gasteiger partial charge on any atom is -0.550 e. The van der Waals surface area contributed by atoms with Gasteiger partial charge in [0.05, 0.1) is 13.2 Å². The van der Waals surface area contributed by atoms with E-state index in [1.165, 1.54) is 0 Å². The van der Waals surface area contributed by atoms with E-state index in [0.717, 1.165) is 0 Å². The summed E-state index contributed by atoms with van der Waals surface area (Å²) in [5.41, 5.74) is 0. The molecule has 0 aliphatic rings. The van der Waals surface area contributed by atoms with Crippen molar-refractivity contribution in [3.63, 3.8) is 0 Å². The second-order valence-corrected chi connectivity index (χ2v) is 3.21. The van der Waals surface area contributed by atoms with Crippen LogP contribution in [0.2, 0.25) is 0 Å². The van der Waals surface area contributed by atoms with Gasteiger partial charge in [0.1, 0.15) is 0 Å². The van der Waals surface area contributed by atoms with E-state index in [9.17, 15) is 19.8 Å². The normalized spacial score (nSPS) is 12.5. The summed E-state index contributed by atoms with van der Waals surface area (Å²) in [4.78, 5) is 19.8. The number of carbonyl (C=O) groups excluding carboxylic acids is 2. The molecule has 0 radical (unpaired) electrons. The van der Waals surface area contributed by atoms with Gasteiger partial charge in [0.2, 0.25) is 0 Å². The Morgan fingerprint density at radius 2 is 1.18 bits per heavy atom. The fraction of sp³-hybridized carbons (Fsp3) is 0.800. The average molecular weight is 274 g/mol. The van der Waals surface area contributed by atoms with Crippen molar-refractivity contribution in [2.75, 3.05) is 13.2 Å². The summed E-state index contributed by atoms with van der Waals surface area (Å²) in [6.45, 7) is 2.74. The first kappa shape index (κ1) is 22.3. The Hall–Kier alpha value is 0.120. The van der Waals surface area contributed by atoms with Gasteiger partial charge in [-0.1, -0.05) is 13.8 Å². The number of aliphatic carboxylic acids is 2. The van der Waals surface area contributed by atoms with Crippen LogP contribution in [0.4, 0.5) is 0 Å². The summed E-state index contributed by atoms with van der Waals surface area (Å²) in [7, 11) is 0. The molecule has 6 nitrogen and oxygen atoms in total. The molecule has 2 unspecified atom stereocenters. The Kier molecular flexibility index (Phi) is 18.6. The number of aliphatic hydroxyl groups is 2. The summed E-state index contributed by atoms with van der Waals surface area (Å²) in [6, 6.07) is 0. The van der Waals surface area contributed by atoms with Crippen molar-refractivity contribution in [3.05, 3.63) is 0 Å². The van der Waals surface area contributed by atoms with Gasteiger partial charge in [0.15, 0.2) is 0 Å². The van der Waals surface area contributed by atoms with Crippen LogP contribution in [-0.4, -0.2) is 73.1 Å². The first-order valence-electron chi connectivity index (χ1n) is 5.07. The fourth-order valence-electron chi connectivity index (χ4n) is 0.741. The number of rotatable bonds is 6. The van der Waals surface area contributed by atoms with Crippen LogP contribution in [0, 0.1) is 11.8 Å². The van der Waals surface area contributed by atoms with Crippen LogP contribution in [0.3, 0.4) is 0 Å². The van der Waals surface area contributed by atoms with E-state index in [2.05, 4.69) is 0 Å². The molecule has 0 heterocycles. The minimum atomic E-state index is -1.17. The summed E-state index contributed by atoms with van der Waals surface area (Å²) < 4.78 is 0. The molecule has 0 saturated heterocycles. The molecule has 17 heavy (non-hydrogen) atoms. The largest absolute Gasteiger partial charge is 2.00 e. The van der Waals surface area contributed by atoms with E-state index in [0.29, 0.717) is 12.8 Å². The Bertz CT molecular complexity index is 179. The van der Waals surface area contributed by atoms with Crippen molar-refractivity contribution in [3.8, 4) is 0 Å². The molecule has 0 aliphatic carbocycles. The third-order valence-corrected chi connectivity index (χ3v) is 2.09. The van der Waals surface area contributed by atoms with Crippen molar-refractivity contribution >= 4 is 49.7 Å². The van der Waals surface area contributed by atoms with Crippen LogP contribution in [0.25, 0.3) is 0 Å². The molecule has 0 fully saturated rings. The van der Waals surface area contributed by atoms with Gasteiger partial charge in [-0.3, -0.25) is 0 Å². The predicted octanol–water partition coefficient (Wildman–Crippen LogP) is -2.87. The molecule has 0 aliphatic heterocycles. The molecule has 0 amide bonds. The van der Waals surface area contributed by atoms with E-state index < -0.39 is 23.8 Å². The molecule has 0 bridgehead atoms. The van der Waals surface area contributed by atoms with Gasteiger partial charge >= 0.3 is 37.7 Å². The van der Waals surface area contributed by atoms with Gasteiger partial charge in [-0.05, 0) is 12.8 Å². The molecule has 0 spiro atoms. The van der Waals surface area contributed by atoms with E-state index in [-0.39, 0.29) is 51.0 Å². The molecule has 0 aromatic rings. The number of carbonyl (C=O) groups is 2. The van der Waals surface area contributed by atoms with Crippen molar-refractivity contribution in [1.29, 1.82) is 0 Å². The number of hydrogen-bond acceptors (Lipinski definition) is 6. The molecule has 0 aromatic carbocycles. The van der Waals surface area contributed by atoms with Crippen LogP contribution in [-0.2, 0) is 9.59 Å². The molecule has 0 saturated carbocycles. The van der Waals surface area contributed by atoms with Crippen LogP contribution in [0.15, 0.2) is 0 Å². The minimum absolute atomic E-state index is 0. The molecular formula is C10H18CaO6. The maximum Gasteiger partial charge on any atom is 2.00 e. The van der Waals surface area contributed by atoms with E-state index >= 15 is 0 Å². The Labute approximate surface area is 131 Å². The smallest absolute Gasteiger partial charge is 0.550 e. The van der Waals surface area contributed by atoms with Crippen molar-refractivity contribution in [2.45, 2.75) is 26.7 Å². The Balaban J connectivity index is -0.000000218. The molecule has 0 aromatic heterocycles. The Morgan fingerprint density at radius 1 is 0.941 bits per heavy atom. The van der Waals surface area contributed by atoms with Crippen molar-refractivity contribution in [1.82, 2.24) is 0 Å². The monoisotopic (exact) mass is 274 g/mol. The standard InChI is InChI=1S/2C5H10O3.Ca/c2*1-2-4(3-6)5(7)8;/h2*4,6H,2-3H2,1H3,(H,7,8);/q;;+2/p-2. The molecule has 0 rings (SSSR count). The van der Waals surface area contributed by atoms with Crippen LogP contribution in [0.1, 0.15) is 26.7 Å². The quantitative estimate of drug-likeness (QED) is 0.502. The molecular weight excluding hydrogens is 256 g/mol. The van der Waals surface area contributed by atoms with E-state index in [1.54, 1.807) is 13.8 Å². The zero-order valence-electron chi connectivity index (χ0n) is 10.2. The van der Waals surface area contributed by atoms with Gasteiger partial charge in [-0.2, -0.15) is 0 Å². The number of carboxylic acids is 2. The van der Waals surface area contributed by atoms with Crippen LogP contribution >= 0.6 is 0 Å². The summed E-state index contributed by atoms with van der Waals surface area (Å²) >= 11 is 0. The molecule has 2 atom stereocenters.